The summed E-state index contributed by atoms with van der Waals surface area (Å²) in [5.74, 6) is -0.122. The van der Waals surface area contributed by atoms with Crippen molar-refractivity contribution in [1.29, 1.82) is 0 Å². The first kappa shape index (κ1) is 24.8. The van der Waals surface area contributed by atoms with Gasteiger partial charge in [0, 0.05) is 37.0 Å². The molecular weight excluding hydrogens is 416 g/mol. The molecule has 6 heteroatoms. The lowest BCUT2D eigenvalue weighted by Gasteiger charge is -2.35. The fourth-order valence-electron chi connectivity index (χ4n) is 4.23. The van der Waals surface area contributed by atoms with Gasteiger partial charge in [0.05, 0.1) is 5.57 Å². The minimum atomic E-state index is -0.788. The molecular formula is C27H36N2O4. The highest BCUT2D eigenvalue weighted by atomic mass is 16.5. The molecule has 0 radical (unpaired) electrons. The largest absolute Gasteiger partial charge is 0.488 e. The summed E-state index contributed by atoms with van der Waals surface area (Å²) in [5, 5.41) is 14.2. The summed E-state index contributed by atoms with van der Waals surface area (Å²) < 4.78 is 6.10. The van der Waals surface area contributed by atoms with Crippen molar-refractivity contribution < 1.29 is 19.4 Å². The summed E-state index contributed by atoms with van der Waals surface area (Å²) in [4.78, 5) is 26.3. The Morgan fingerprint density at radius 1 is 1.12 bits per heavy atom. The van der Waals surface area contributed by atoms with Gasteiger partial charge in [0.2, 0.25) is 0 Å². The highest BCUT2D eigenvalue weighted by Crippen LogP contribution is 2.25. The third kappa shape index (κ3) is 7.60. The Balaban J connectivity index is 1.64. The Morgan fingerprint density at radius 3 is 2.58 bits per heavy atom. The molecule has 178 valence electrons. The fourth-order valence-corrected chi connectivity index (χ4v) is 4.23. The number of carboxylic acids is 1. The van der Waals surface area contributed by atoms with Crippen molar-refractivity contribution >= 4 is 22.6 Å². The van der Waals surface area contributed by atoms with Gasteiger partial charge in [-0.25, -0.2) is 0 Å². The summed E-state index contributed by atoms with van der Waals surface area (Å²) in [5.41, 5.74) is 0.601. The first-order valence-corrected chi connectivity index (χ1v) is 12.0. The monoisotopic (exact) mass is 452 g/mol. The number of hydrogen-bond acceptors (Lipinski definition) is 4. The van der Waals surface area contributed by atoms with Gasteiger partial charge in [-0.1, -0.05) is 42.5 Å². The SMILES string of the molecule is CC(C)N1CCC(NC(=O)C(=CCCCCC(=O)O)COc2cccc3ccccc23)CC1. The van der Waals surface area contributed by atoms with Crippen molar-refractivity contribution in [2.75, 3.05) is 19.7 Å². The maximum Gasteiger partial charge on any atom is 0.303 e. The zero-order valence-electron chi connectivity index (χ0n) is 19.8. The molecule has 6 nitrogen and oxygen atoms in total. The highest BCUT2D eigenvalue weighted by Gasteiger charge is 2.23. The second-order valence-electron chi connectivity index (χ2n) is 9.01. The van der Waals surface area contributed by atoms with Gasteiger partial charge in [0.25, 0.3) is 5.91 Å². The average molecular weight is 453 g/mol. The van der Waals surface area contributed by atoms with Gasteiger partial charge in [0.1, 0.15) is 12.4 Å². The zero-order chi connectivity index (χ0) is 23.6. The average Bonchev–Trinajstić information content (AvgIpc) is 2.81. The second kappa shape index (κ2) is 12.4. The molecule has 2 aromatic carbocycles. The molecule has 0 atom stereocenters. The molecule has 1 heterocycles. The van der Waals surface area contributed by atoms with Crippen LogP contribution in [0.5, 0.6) is 5.75 Å². The molecule has 0 bridgehead atoms. The van der Waals surface area contributed by atoms with Gasteiger partial charge in [0.15, 0.2) is 0 Å². The lowest BCUT2D eigenvalue weighted by molar-refractivity contribution is -0.137. The van der Waals surface area contributed by atoms with Gasteiger partial charge in [-0.2, -0.15) is 0 Å². The van der Waals surface area contributed by atoms with Crippen molar-refractivity contribution in [3.8, 4) is 5.75 Å². The summed E-state index contributed by atoms with van der Waals surface area (Å²) in [6, 6.07) is 14.6. The quantitative estimate of drug-likeness (QED) is 0.379. The minimum Gasteiger partial charge on any atom is -0.488 e. The molecule has 3 rings (SSSR count). The summed E-state index contributed by atoms with van der Waals surface area (Å²) in [7, 11) is 0. The number of nitrogens with zero attached hydrogens (tertiary/aromatic N) is 1. The molecule has 1 fully saturated rings. The molecule has 0 aromatic heterocycles. The first-order valence-electron chi connectivity index (χ1n) is 12.0. The Hall–Kier alpha value is -2.86. The van der Waals surface area contributed by atoms with Crippen LogP contribution in [0.25, 0.3) is 10.8 Å². The van der Waals surface area contributed by atoms with E-state index in [1.807, 2.05) is 48.5 Å². The predicted octanol–water partition coefficient (Wildman–Crippen LogP) is 4.78. The number of fused-ring (bicyclic) bond motifs is 1. The van der Waals surface area contributed by atoms with Gasteiger partial charge in [-0.3, -0.25) is 9.59 Å². The van der Waals surface area contributed by atoms with E-state index in [1.165, 1.54) is 0 Å². The molecule has 0 spiro atoms. The molecule has 2 aromatic rings. The number of carbonyl (C=O) groups is 2. The second-order valence-corrected chi connectivity index (χ2v) is 9.01. The fraction of sp³-hybridized carbons (Fsp3) is 0.481. The number of rotatable bonds is 11. The number of piperidine rings is 1. The Kier molecular flexibility index (Phi) is 9.31. The van der Waals surface area contributed by atoms with E-state index in [0.29, 0.717) is 24.5 Å². The number of allylic oxidation sites excluding steroid dienone is 1. The summed E-state index contributed by atoms with van der Waals surface area (Å²) in [6.07, 6.45) is 5.92. The van der Waals surface area contributed by atoms with Crippen molar-refractivity contribution in [3.63, 3.8) is 0 Å². The van der Waals surface area contributed by atoms with Crippen LogP contribution >= 0.6 is 0 Å². The molecule has 1 saturated heterocycles. The maximum absolute atomic E-state index is 13.1. The minimum absolute atomic E-state index is 0.0866. The normalized spacial score (nSPS) is 15.7. The van der Waals surface area contributed by atoms with E-state index in [0.717, 1.165) is 48.9 Å². The highest BCUT2D eigenvalue weighted by molar-refractivity contribution is 5.94. The topological polar surface area (TPSA) is 78.9 Å². The van der Waals surface area contributed by atoms with Crippen molar-refractivity contribution in [2.45, 2.75) is 64.5 Å². The van der Waals surface area contributed by atoms with Crippen molar-refractivity contribution in [1.82, 2.24) is 10.2 Å². The van der Waals surface area contributed by atoms with Crippen LogP contribution in [-0.4, -0.2) is 53.7 Å². The van der Waals surface area contributed by atoms with E-state index in [4.69, 9.17) is 9.84 Å². The number of carbonyl (C=O) groups excluding carboxylic acids is 1. The van der Waals surface area contributed by atoms with Crippen molar-refractivity contribution in [2.24, 2.45) is 0 Å². The third-order valence-electron chi connectivity index (χ3n) is 6.26. The summed E-state index contributed by atoms with van der Waals surface area (Å²) in [6.45, 7) is 6.57. The number of hydrogen-bond donors (Lipinski definition) is 2. The molecule has 0 aliphatic carbocycles. The molecule has 33 heavy (non-hydrogen) atoms. The lowest BCUT2D eigenvalue weighted by atomic mass is 10.0. The number of benzene rings is 2. The molecule has 2 N–H and O–H groups in total. The number of amides is 1. The molecule has 1 aliphatic rings. The van der Waals surface area contributed by atoms with E-state index < -0.39 is 5.97 Å². The number of unbranched alkanes of at least 4 members (excludes halogenated alkanes) is 2. The number of aliphatic carboxylic acids is 1. The molecule has 0 saturated carbocycles. The maximum atomic E-state index is 13.1. The lowest BCUT2D eigenvalue weighted by Crippen LogP contribution is -2.47. The van der Waals surface area contributed by atoms with Crippen LogP contribution in [-0.2, 0) is 9.59 Å². The van der Waals surface area contributed by atoms with Crippen molar-refractivity contribution in [3.05, 3.63) is 54.1 Å². The van der Waals surface area contributed by atoms with E-state index in [2.05, 4.69) is 24.1 Å². The molecule has 0 unspecified atom stereocenters. The van der Waals surface area contributed by atoms with Gasteiger partial charge >= 0.3 is 5.97 Å². The van der Waals surface area contributed by atoms with Crippen LogP contribution in [0.1, 0.15) is 52.4 Å². The van der Waals surface area contributed by atoms with Crippen LogP contribution in [0.3, 0.4) is 0 Å². The van der Waals surface area contributed by atoms with Crippen LogP contribution in [0, 0.1) is 0 Å². The summed E-state index contributed by atoms with van der Waals surface area (Å²) >= 11 is 0. The van der Waals surface area contributed by atoms with E-state index in [9.17, 15) is 9.59 Å². The number of ether oxygens (including phenoxy) is 1. The molecule has 1 aliphatic heterocycles. The van der Waals surface area contributed by atoms with Crippen LogP contribution in [0.4, 0.5) is 0 Å². The molecule has 1 amide bonds. The number of likely N-dealkylation sites (tertiary alicyclic amines) is 1. The Labute approximate surface area is 196 Å². The van der Waals surface area contributed by atoms with Crippen LogP contribution in [0.15, 0.2) is 54.1 Å². The van der Waals surface area contributed by atoms with E-state index >= 15 is 0 Å². The van der Waals surface area contributed by atoms with Crippen LogP contribution < -0.4 is 10.1 Å². The van der Waals surface area contributed by atoms with Gasteiger partial charge in [-0.05, 0) is 57.4 Å². The Morgan fingerprint density at radius 2 is 1.85 bits per heavy atom. The Bertz CT molecular complexity index is 956. The third-order valence-corrected chi connectivity index (χ3v) is 6.26. The standard InChI is InChI=1S/C27H36N2O4/c1-20(2)29-17-15-23(16-18-29)28-27(32)22(10-4-3-5-14-26(30)31)19-33-25-13-8-11-21-9-6-7-12-24(21)25/h6-13,20,23H,3-5,14-19H2,1-2H3,(H,28,32)(H,30,31). The van der Waals surface area contributed by atoms with Gasteiger partial charge < -0.3 is 20.1 Å². The van der Waals surface area contributed by atoms with Crippen LogP contribution in [0.2, 0.25) is 0 Å². The number of nitrogens with one attached hydrogen (secondary N) is 1. The van der Waals surface area contributed by atoms with Gasteiger partial charge in [-0.15, -0.1) is 0 Å². The van der Waals surface area contributed by atoms with E-state index in [1.54, 1.807) is 0 Å². The zero-order valence-corrected chi connectivity index (χ0v) is 19.8. The number of carboxylic acid groups (broad SMARTS) is 1. The predicted molar refractivity (Wildman–Crippen MR) is 132 cm³/mol. The van der Waals surface area contributed by atoms with E-state index in [-0.39, 0.29) is 25.0 Å². The smallest absolute Gasteiger partial charge is 0.303 e. The first-order chi connectivity index (χ1) is 15.9.